The Morgan fingerprint density at radius 3 is 2.08 bits per heavy atom. The van der Waals surface area contributed by atoms with Gasteiger partial charge in [-0.3, -0.25) is 5.10 Å². The number of aromatic nitrogens is 2. The van der Waals surface area contributed by atoms with Crippen LogP contribution in [-0.2, 0) is 0 Å². The zero-order valence-electron chi connectivity index (χ0n) is 21.1. The van der Waals surface area contributed by atoms with Crippen LogP contribution in [-0.4, -0.2) is 21.9 Å². The minimum absolute atomic E-state index is 0.253. The second kappa shape index (κ2) is 9.88. The lowest BCUT2D eigenvalue weighted by atomic mass is 9.91. The Morgan fingerprint density at radius 2 is 1.31 bits per heavy atom. The van der Waals surface area contributed by atoms with Crippen molar-refractivity contribution in [3.63, 3.8) is 0 Å². The molecule has 1 aromatic heterocycles. The molecule has 186 valence electrons. The maximum Gasteiger partial charge on any atom is 0.159 e. The molecule has 0 saturated carbocycles. The van der Waals surface area contributed by atoms with E-state index in [-0.39, 0.29) is 6.17 Å². The SMILES string of the molecule is c1ccc(C2=NC(c3ccccc3)NC(c3ccc4ccccc4c3-c3ccc(-c4cn[nH]c4)cc3)=N2)cc1. The number of hydrogen-bond acceptors (Lipinski definition) is 4. The van der Waals surface area contributed by atoms with Crippen molar-refractivity contribution in [2.75, 3.05) is 0 Å². The molecule has 0 aliphatic carbocycles. The molecule has 6 aromatic rings. The van der Waals surface area contributed by atoms with Crippen molar-refractivity contribution in [3.05, 3.63) is 150 Å². The van der Waals surface area contributed by atoms with Crippen LogP contribution in [0.1, 0.15) is 22.9 Å². The Hall–Kier alpha value is -5.29. The molecular formula is C34H25N5. The summed E-state index contributed by atoms with van der Waals surface area (Å²) in [6, 6.07) is 42.0. The average Bonchev–Trinajstić information content (AvgIpc) is 3.57. The van der Waals surface area contributed by atoms with Gasteiger partial charge >= 0.3 is 0 Å². The second-order valence-corrected chi connectivity index (χ2v) is 9.51. The Labute approximate surface area is 226 Å². The van der Waals surface area contributed by atoms with Crippen molar-refractivity contribution in [3.8, 4) is 22.3 Å². The predicted molar refractivity (Wildman–Crippen MR) is 159 cm³/mol. The highest BCUT2D eigenvalue weighted by Gasteiger charge is 2.23. The van der Waals surface area contributed by atoms with Crippen LogP contribution in [0.15, 0.2) is 144 Å². The summed E-state index contributed by atoms with van der Waals surface area (Å²) in [6.07, 6.45) is 3.50. The summed E-state index contributed by atoms with van der Waals surface area (Å²) in [4.78, 5) is 10.1. The van der Waals surface area contributed by atoms with Crippen molar-refractivity contribution in [2.24, 2.45) is 9.98 Å². The van der Waals surface area contributed by atoms with E-state index in [0.29, 0.717) is 5.84 Å². The third kappa shape index (κ3) is 4.40. The maximum atomic E-state index is 5.09. The molecule has 2 heterocycles. The largest absolute Gasteiger partial charge is 0.344 e. The van der Waals surface area contributed by atoms with Crippen LogP contribution in [0, 0.1) is 0 Å². The van der Waals surface area contributed by atoms with Gasteiger partial charge in [-0.25, -0.2) is 9.98 Å². The zero-order valence-corrected chi connectivity index (χ0v) is 21.1. The van der Waals surface area contributed by atoms with Crippen molar-refractivity contribution < 1.29 is 0 Å². The van der Waals surface area contributed by atoms with Crippen LogP contribution in [0.2, 0.25) is 0 Å². The van der Waals surface area contributed by atoms with E-state index in [9.17, 15) is 0 Å². The van der Waals surface area contributed by atoms with E-state index < -0.39 is 0 Å². The molecule has 0 saturated heterocycles. The van der Waals surface area contributed by atoms with E-state index in [4.69, 9.17) is 9.98 Å². The van der Waals surface area contributed by atoms with Gasteiger partial charge in [-0.05, 0) is 27.5 Å². The molecule has 2 N–H and O–H groups in total. The van der Waals surface area contributed by atoms with Crippen LogP contribution >= 0.6 is 0 Å². The fourth-order valence-electron chi connectivity index (χ4n) is 5.13. The number of aliphatic imine (C=N–C) groups is 2. The molecular weight excluding hydrogens is 478 g/mol. The molecule has 1 unspecified atom stereocenters. The number of nitrogens with zero attached hydrogens (tertiary/aromatic N) is 3. The van der Waals surface area contributed by atoms with E-state index in [0.717, 1.165) is 44.8 Å². The molecule has 1 aliphatic rings. The second-order valence-electron chi connectivity index (χ2n) is 9.51. The highest BCUT2D eigenvalue weighted by atomic mass is 15.2. The first-order valence-electron chi connectivity index (χ1n) is 13.0. The maximum absolute atomic E-state index is 5.09. The zero-order chi connectivity index (χ0) is 26.0. The first kappa shape index (κ1) is 22.9. The van der Waals surface area contributed by atoms with E-state index in [1.807, 2.05) is 48.8 Å². The molecule has 7 rings (SSSR count). The number of benzene rings is 5. The third-order valence-corrected chi connectivity index (χ3v) is 7.08. The van der Waals surface area contributed by atoms with Crippen LogP contribution in [0.25, 0.3) is 33.0 Å². The van der Waals surface area contributed by atoms with Crippen molar-refractivity contribution >= 4 is 22.4 Å². The number of fused-ring (bicyclic) bond motifs is 1. The van der Waals surface area contributed by atoms with Crippen LogP contribution in [0.5, 0.6) is 0 Å². The van der Waals surface area contributed by atoms with Gasteiger partial charge in [-0.2, -0.15) is 5.10 Å². The highest BCUT2D eigenvalue weighted by Crippen LogP contribution is 2.35. The quantitative estimate of drug-likeness (QED) is 0.258. The van der Waals surface area contributed by atoms with E-state index >= 15 is 0 Å². The van der Waals surface area contributed by atoms with Crippen LogP contribution in [0.3, 0.4) is 0 Å². The molecule has 0 radical (unpaired) electrons. The summed E-state index contributed by atoms with van der Waals surface area (Å²) < 4.78 is 0. The Bertz CT molecular complexity index is 1800. The molecule has 0 amide bonds. The molecule has 1 aliphatic heterocycles. The summed E-state index contributed by atoms with van der Waals surface area (Å²) in [5, 5.41) is 13.0. The summed E-state index contributed by atoms with van der Waals surface area (Å²) in [6.45, 7) is 0. The first-order chi connectivity index (χ1) is 19.3. The first-order valence-corrected chi connectivity index (χ1v) is 13.0. The highest BCUT2D eigenvalue weighted by molar-refractivity contribution is 6.18. The standard InChI is InChI=1S/C34H25N5/c1-3-10-26(11-4-1)32-37-33(27-12-5-2-6-13-27)39-34(38-32)30-20-19-24-9-7-8-14-29(24)31(30)25-17-15-23(16-18-25)28-21-35-36-22-28/h1-22,32H,(H,35,36)(H,37,38,39). The molecule has 0 fully saturated rings. The molecule has 1 atom stereocenters. The lowest BCUT2D eigenvalue weighted by Gasteiger charge is -2.25. The van der Waals surface area contributed by atoms with Gasteiger partial charge in [0.05, 0.1) is 6.20 Å². The van der Waals surface area contributed by atoms with Gasteiger partial charge in [0.2, 0.25) is 0 Å². The smallest absolute Gasteiger partial charge is 0.159 e. The lowest BCUT2D eigenvalue weighted by molar-refractivity contribution is 0.674. The van der Waals surface area contributed by atoms with Gasteiger partial charge in [-0.15, -0.1) is 0 Å². The molecule has 5 aromatic carbocycles. The molecule has 39 heavy (non-hydrogen) atoms. The number of rotatable bonds is 5. The fraction of sp³-hybridized carbons (Fsp3) is 0.0294. The Morgan fingerprint density at radius 1 is 0.590 bits per heavy atom. The molecule has 5 heteroatoms. The van der Waals surface area contributed by atoms with Gasteiger partial charge in [-0.1, -0.05) is 121 Å². The lowest BCUT2D eigenvalue weighted by Crippen LogP contribution is -2.34. The van der Waals surface area contributed by atoms with Crippen LogP contribution < -0.4 is 5.32 Å². The van der Waals surface area contributed by atoms with Gasteiger partial charge in [0.1, 0.15) is 12.0 Å². The normalized spacial score (nSPS) is 14.9. The molecule has 5 nitrogen and oxygen atoms in total. The number of nitrogens with one attached hydrogen (secondary N) is 2. The minimum atomic E-state index is -0.253. The third-order valence-electron chi connectivity index (χ3n) is 7.08. The minimum Gasteiger partial charge on any atom is -0.344 e. The Balaban J connectivity index is 1.40. The van der Waals surface area contributed by atoms with Gasteiger partial charge < -0.3 is 5.32 Å². The monoisotopic (exact) mass is 503 g/mol. The van der Waals surface area contributed by atoms with Gasteiger partial charge in [0, 0.05) is 28.5 Å². The Kier molecular flexibility index (Phi) is 5.79. The number of H-pyrrole nitrogens is 1. The van der Waals surface area contributed by atoms with Crippen LogP contribution in [0.4, 0.5) is 0 Å². The molecule has 0 spiro atoms. The fourth-order valence-corrected chi connectivity index (χ4v) is 5.13. The molecule has 0 bridgehead atoms. The average molecular weight is 504 g/mol. The van der Waals surface area contributed by atoms with Gasteiger partial charge in [0.15, 0.2) is 5.84 Å². The van der Waals surface area contributed by atoms with Crippen molar-refractivity contribution in [1.29, 1.82) is 0 Å². The summed E-state index contributed by atoms with van der Waals surface area (Å²) >= 11 is 0. The van der Waals surface area contributed by atoms with Gasteiger partial charge in [0.25, 0.3) is 0 Å². The van der Waals surface area contributed by atoms with E-state index in [2.05, 4.69) is 100 Å². The number of aromatic amines is 1. The summed E-state index contributed by atoms with van der Waals surface area (Å²) in [5.41, 5.74) is 7.55. The number of hydrogen-bond donors (Lipinski definition) is 2. The van der Waals surface area contributed by atoms with E-state index in [1.54, 1.807) is 0 Å². The summed E-state index contributed by atoms with van der Waals surface area (Å²) in [5.74, 6) is 1.52. The van der Waals surface area contributed by atoms with Crippen molar-refractivity contribution in [1.82, 2.24) is 15.5 Å². The summed E-state index contributed by atoms with van der Waals surface area (Å²) in [7, 11) is 0. The predicted octanol–water partition coefficient (Wildman–Crippen LogP) is 7.39. The van der Waals surface area contributed by atoms with Crippen molar-refractivity contribution in [2.45, 2.75) is 6.17 Å². The topological polar surface area (TPSA) is 65.4 Å². The number of amidine groups is 2. The van der Waals surface area contributed by atoms with E-state index in [1.165, 1.54) is 10.8 Å².